The lowest BCUT2D eigenvalue weighted by Crippen LogP contribution is -2.20. The first-order chi connectivity index (χ1) is 10.6. The van der Waals surface area contributed by atoms with Gasteiger partial charge in [-0.25, -0.2) is 5.43 Å². The third kappa shape index (κ3) is 2.93. The SMILES string of the molecule is Cc1ccc2[nH]c(C)c(CC(=O)N/N=C/c3ccco3)c2c1. The molecule has 2 heterocycles. The highest BCUT2D eigenvalue weighted by atomic mass is 16.3. The molecule has 0 radical (unpaired) electrons. The third-order valence-electron chi connectivity index (χ3n) is 3.54. The number of aryl methyl sites for hydroxylation is 2. The number of aromatic amines is 1. The van der Waals surface area contributed by atoms with Crippen LogP contribution in [0.2, 0.25) is 0 Å². The summed E-state index contributed by atoms with van der Waals surface area (Å²) in [5.41, 5.74) is 6.75. The predicted octanol–water partition coefficient (Wildman–Crippen LogP) is 3.07. The van der Waals surface area contributed by atoms with Crippen LogP contribution < -0.4 is 5.43 Å². The Morgan fingerprint density at radius 2 is 2.23 bits per heavy atom. The molecule has 0 spiro atoms. The molecule has 0 saturated carbocycles. The summed E-state index contributed by atoms with van der Waals surface area (Å²) in [6.45, 7) is 4.02. The van der Waals surface area contributed by atoms with Gasteiger partial charge >= 0.3 is 0 Å². The lowest BCUT2D eigenvalue weighted by atomic mass is 10.1. The maximum atomic E-state index is 12.1. The van der Waals surface area contributed by atoms with Gasteiger partial charge in [-0.2, -0.15) is 5.10 Å². The fraction of sp³-hybridized carbons (Fsp3) is 0.176. The molecule has 5 heteroatoms. The maximum absolute atomic E-state index is 12.1. The fourth-order valence-electron chi connectivity index (χ4n) is 2.46. The number of hydrazone groups is 1. The highest BCUT2D eigenvalue weighted by Gasteiger charge is 2.12. The highest BCUT2D eigenvalue weighted by molar-refractivity contribution is 5.90. The lowest BCUT2D eigenvalue weighted by Gasteiger charge is -2.01. The van der Waals surface area contributed by atoms with E-state index in [2.05, 4.69) is 27.6 Å². The number of hydrogen-bond acceptors (Lipinski definition) is 3. The molecule has 0 unspecified atom stereocenters. The Morgan fingerprint density at radius 1 is 1.36 bits per heavy atom. The number of H-pyrrole nitrogens is 1. The number of furan rings is 1. The van der Waals surface area contributed by atoms with Gasteiger partial charge in [0, 0.05) is 16.6 Å². The van der Waals surface area contributed by atoms with E-state index in [9.17, 15) is 4.79 Å². The van der Waals surface area contributed by atoms with Gasteiger partial charge in [0.1, 0.15) is 5.76 Å². The second-order valence-corrected chi connectivity index (χ2v) is 5.26. The predicted molar refractivity (Wildman–Crippen MR) is 85.9 cm³/mol. The minimum atomic E-state index is -0.159. The molecule has 5 nitrogen and oxygen atoms in total. The Hall–Kier alpha value is -2.82. The van der Waals surface area contributed by atoms with Gasteiger partial charge < -0.3 is 9.40 Å². The summed E-state index contributed by atoms with van der Waals surface area (Å²) in [5.74, 6) is 0.438. The second kappa shape index (κ2) is 5.89. The molecule has 2 aromatic heterocycles. The van der Waals surface area contributed by atoms with E-state index >= 15 is 0 Å². The first kappa shape index (κ1) is 14.1. The zero-order chi connectivity index (χ0) is 15.5. The fourth-order valence-corrected chi connectivity index (χ4v) is 2.46. The number of rotatable bonds is 4. The van der Waals surface area contributed by atoms with Crippen LogP contribution in [0.3, 0.4) is 0 Å². The van der Waals surface area contributed by atoms with Crippen molar-refractivity contribution in [1.29, 1.82) is 0 Å². The first-order valence-corrected chi connectivity index (χ1v) is 7.06. The minimum absolute atomic E-state index is 0.159. The summed E-state index contributed by atoms with van der Waals surface area (Å²) in [6, 6.07) is 9.71. The average Bonchev–Trinajstić information content (AvgIpc) is 3.09. The van der Waals surface area contributed by atoms with Crippen molar-refractivity contribution in [2.75, 3.05) is 0 Å². The van der Waals surface area contributed by atoms with E-state index in [4.69, 9.17) is 4.42 Å². The van der Waals surface area contributed by atoms with Crippen molar-refractivity contribution in [3.63, 3.8) is 0 Å². The summed E-state index contributed by atoms with van der Waals surface area (Å²) in [6.07, 6.45) is 3.32. The number of carbonyl (C=O) groups is 1. The van der Waals surface area contributed by atoms with Crippen molar-refractivity contribution in [2.24, 2.45) is 5.10 Å². The number of amides is 1. The van der Waals surface area contributed by atoms with E-state index in [1.165, 1.54) is 11.8 Å². The Morgan fingerprint density at radius 3 is 3.00 bits per heavy atom. The molecule has 1 aromatic carbocycles. The quantitative estimate of drug-likeness (QED) is 0.573. The van der Waals surface area contributed by atoms with Crippen LogP contribution in [0, 0.1) is 13.8 Å². The van der Waals surface area contributed by atoms with Gasteiger partial charge in [-0.1, -0.05) is 11.6 Å². The molecular formula is C17H17N3O2. The average molecular weight is 295 g/mol. The number of aromatic nitrogens is 1. The largest absolute Gasteiger partial charge is 0.463 e. The van der Waals surface area contributed by atoms with Crippen LogP contribution in [-0.4, -0.2) is 17.1 Å². The van der Waals surface area contributed by atoms with Gasteiger partial charge in [0.25, 0.3) is 0 Å². The van der Waals surface area contributed by atoms with Crippen LogP contribution in [0.4, 0.5) is 0 Å². The van der Waals surface area contributed by atoms with E-state index in [0.717, 1.165) is 22.2 Å². The molecule has 22 heavy (non-hydrogen) atoms. The standard InChI is InChI=1S/C17H17N3O2/c1-11-5-6-16-15(8-11)14(12(2)19-16)9-17(21)20-18-10-13-4-3-7-22-13/h3-8,10,19H,9H2,1-2H3,(H,20,21)/b18-10+. The number of hydrogen-bond donors (Lipinski definition) is 2. The number of fused-ring (bicyclic) bond motifs is 1. The van der Waals surface area contributed by atoms with Crippen molar-refractivity contribution >= 4 is 23.0 Å². The Balaban J connectivity index is 1.74. The summed E-state index contributed by atoms with van der Waals surface area (Å²) >= 11 is 0. The Bertz CT molecular complexity index is 829. The second-order valence-electron chi connectivity index (χ2n) is 5.26. The summed E-state index contributed by atoms with van der Waals surface area (Å²) in [4.78, 5) is 15.4. The summed E-state index contributed by atoms with van der Waals surface area (Å²) < 4.78 is 5.11. The van der Waals surface area contributed by atoms with Crippen LogP contribution in [0.15, 0.2) is 46.1 Å². The zero-order valence-electron chi connectivity index (χ0n) is 12.5. The van der Waals surface area contributed by atoms with E-state index in [-0.39, 0.29) is 12.3 Å². The van der Waals surface area contributed by atoms with Gasteiger partial charge in [0.15, 0.2) is 0 Å². The maximum Gasteiger partial charge on any atom is 0.244 e. The summed E-state index contributed by atoms with van der Waals surface area (Å²) in [7, 11) is 0. The molecule has 0 atom stereocenters. The van der Waals surface area contributed by atoms with Crippen molar-refractivity contribution < 1.29 is 9.21 Å². The van der Waals surface area contributed by atoms with E-state index in [1.807, 2.05) is 19.9 Å². The molecule has 0 bridgehead atoms. The molecule has 0 aliphatic carbocycles. The molecule has 0 fully saturated rings. The monoisotopic (exact) mass is 295 g/mol. The molecule has 0 saturated heterocycles. The van der Waals surface area contributed by atoms with Gasteiger partial charge in [-0.3, -0.25) is 4.79 Å². The lowest BCUT2D eigenvalue weighted by molar-refractivity contribution is -0.120. The van der Waals surface area contributed by atoms with Gasteiger partial charge in [0.2, 0.25) is 5.91 Å². The molecule has 0 aliphatic heterocycles. The highest BCUT2D eigenvalue weighted by Crippen LogP contribution is 2.23. The normalized spacial score (nSPS) is 11.4. The van der Waals surface area contributed by atoms with E-state index in [1.54, 1.807) is 18.4 Å². The number of nitrogens with zero attached hydrogens (tertiary/aromatic N) is 1. The smallest absolute Gasteiger partial charge is 0.244 e. The molecule has 3 rings (SSSR count). The number of nitrogens with one attached hydrogen (secondary N) is 2. The van der Waals surface area contributed by atoms with Crippen LogP contribution in [-0.2, 0) is 11.2 Å². The van der Waals surface area contributed by atoms with Crippen LogP contribution in [0.25, 0.3) is 10.9 Å². The number of benzene rings is 1. The molecule has 1 amide bonds. The topological polar surface area (TPSA) is 70.4 Å². The molecule has 2 N–H and O–H groups in total. The van der Waals surface area contributed by atoms with Crippen LogP contribution in [0.1, 0.15) is 22.6 Å². The molecule has 0 aliphatic rings. The summed E-state index contributed by atoms with van der Waals surface area (Å²) in [5, 5.41) is 4.98. The van der Waals surface area contributed by atoms with Crippen molar-refractivity contribution in [3.05, 3.63) is 59.2 Å². The van der Waals surface area contributed by atoms with Crippen LogP contribution in [0.5, 0.6) is 0 Å². The third-order valence-corrected chi connectivity index (χ3v) is 3.54. The Kier molecular flexibility index (Phi) is 3.78. The van der Waals surface area contributed by atoms with Gasteiger partial charge in [0.05, 0.1) is 18.9 Å². The van der Waals surface area contributed by atoms with Crippen molar-refractivity contribution in [3.8, 4) is 0 Å². The minimum Gasteiger partial charge on any atom is -0.463 e. The zero-order valence-corrected chi connectivity index (χ0v) is 12.5. The van der Waals surface area contributed by atoms with E-state index < -0.39 is 0 Å². The van der Waals surface area contributed by atoms with Crippen molar-refractivity contribution in [2.45, 2.75) is 20.3 Å². The first-order valence-electron chi connectivity index (χ1n) is 7.06. The molecule has 112 valence electrons. The van der Waals surface area contributed by atoms with Crippen LogP contribution >= 0.6 is 0 Å². The Labute approximate surface area is 128 Å². The number of carbonyl (C=O) groups excluding carboxylic acids is 1. The molecule has 3 aromatic rings. The van der Waals surface area contributed by atoms with Crippen molar-refractivity contribution in [1.82, 2.24) is 10.4 Å². The van der Waals surface area contributed by atoms with Gasteiger partial charge in [-0.15, -0.1) is 0 Å². The van der Waals surface area contributed by atoms with Gasteiger partial charge in [-0.05, 0) is 43.7 Å². The molecular weight excluding hydrogens is 278 g/mol. The van der Waals surface area contributed by atoms with E-state index in [0.29, 0.717) is 5.76 Å².